The molecule has 5 heterocycles. The maximum Gasteiger partial charge on any atom is 0.128 e. The summed E-state index contributed by atoms with van der Waals surface area (Å²) in [5.74, 6) is 0. The third-order valence-electron chi connectivity index (χ3n) is 10.8. The molecule has 0 amide bonds. The molecule has 0 aromatic carbocycles. The maximum absolute atomic E-state index is 11.7. The van der Waals surface area contributed by atoms with Crippen LogP contribution in [0.1, 0.15) is 188 Å². The minimum absolute atomic E-state index is 0.591. The molecule has 272 valence electrons. The Bertz CT molecular complexity index is 1710. The Kier molecular flexibility index (Phi) is 14.8. The molecule has 0 unspecified atom stereocenters. The van der Waals surface area contributed by atoms with Crippen LogP contribution in [0.2, 0.25) is 0 Å². The summed E-state index contributed by atoms with van der Waals surface area (Å²) in [6, 6.07) is 8.91. The van der Waals surface area contributed by atoms with Gasteiger partial charge in [0.1, 0.15) is 12.2 Å². The fourth-order valence-electron chi connectivity index (χ4n) is 7.76. The number of aromatic nitrogens is 4. The van der Waals surface area contributed by atoms with E-state index in [1.807, 2.05) is 0 Å². The van der Waals surface area contributed by atoms with Gasteiger partial charge in [0, 0.05) is 33.2 Å². The van der Waals surface area contributed by atoms with Crippen LogP contribution in [0.15, 0.2) is 24.3 Å². The summed E-state index contributed by atoms with van der Waals surface area (Å²) in [7, 11) is 0. The van der Waals surface area contributed by atoms with Crippen molar-refractivity contribution in [2.75, 3.05) is 0 Å². The number of rotatable bonds is 20. The number of nitrogens with zero attached hydrogens (tertiary/aromatic N) is 2. The number of aliphatic hydroxyl groups excluding tert-OH is 2. The molecule has 8 bridgehead atoms. The molecule has 0 aliphatic carbocycles. The Labute approximate surface area is 301 Å². The Hall–Kier alpha value is -3.22. The van der Waals surface area contributed by atoms with E-state index in [0.29, 0.717) is 11.4 Å². The van der Waals surface area contributed by atoms with Crippen molar-refractivity contribution in [3.05, 3.63) is 69.3 Å². The summed E-state index contributed by atoms with van der Waals surface area (Å²) in [6.45, 7) is 8.99. The van der Waals surface area contributed by atoms with Crippen LogP contribution in [0.3, 0.4) is 0 Å². The quantitative estimate of drug-likeness (QED) is 0.0698. The molecule has 6 nitrogen and oxygen atoms in total. The predicted molar refractivity (Wildman–Crippen MR) is 211 cm³/mol. The van der Waals surface area contributed by atoms with Gasteiger partial charge < -0.3 is 20.2 Å². The molecule has 0 saturated heterocycles. The number of hydrogen-bond acceptors (Lipinski definition) is 4. The number of aryl methyl sites for hydroxylation is 3. The Morgan fingerprint density at radius 2 is 0.800 bits per heavy atom. The van der Waals surface area contributed by atoms with Gasteiger partial charge in [-0.15, -0.1) is 0 Å². The minimum Gasteiger partial charge on any atom is -0.384 e. The number of unbranched alkanes of at least 4 members (excludes halogenated alkanes) is 12. The van der Waals surface area contributed by atoms with Crippen LogP contribution >= 0.6 is 0 Å². The predicted octanol–water partition coefficient (Wildman–Crippen LogP) is 11.7. The fraction of sp³-hybridized carbons (Fsp3) is 0.591. The molecule has 2 atom stereocenters. The molecule has 3 aromatic rings. The van der Waals surface area contributed by atoms with Gasteiger partial charge in [0.2, 0.25) is 0 Å². The molecule has 2 aliphatic heterocycles. The first kappa shape index (κ1) is 38.0. The highest BCUT2D eigenvalue weighted by atomic mass is 16.3. The van der Waals surface area contributed by atoms with Crippen LogP contribution in [0.4, 0.5) is 0 Å². The van der Waals surface area contributed by atoms with Gasteiger partial charge in [-0.1, -0.05) is 105 Å². The minimum atomic E-state index is -1.08. The second-order valence-corrected chi connectivity index (χ2v) is 14.7. The number of aromatic amines is 2. The average Bonchev–Trinajstić information content (AvgIpc) is 3.95. The Balaban J connectivity index is 1.80. The zero-order chi connectivity index (χ0) is 35.3. The summed E-state index contributed by atoms with van der Waals surface area (Å²) >= 11 is 0. The van der Waals surface area contributed by atoms with E-state index < -0.39 is 12.2 Å². The molecule has 3 aromatic heterocycles. The van der Waals surface area contributed by atoms with E-state index in [1.54, 1.807) is 0 Å². The molecule has 50 heavy (non-hydrogen) atoms. The molecule has 0 fully saturated rings. The summed E-state index contributed by atoms with van der Waals surface area (Å²) in [5.41, 5.74) is 12.0. The number of H-pyrrole nitrogens is 2. The monoisotopic (exact) mass is 681 g/mol. The molecule has 2 aliphatic rings. The van der Waals surface area contributed by atoms with Crippen LogP contribution in [0.25, 0.3) is 34.2 Å². The molecule has 4 N–H and O–H groups in total. The van der Waals surface area contributed by atoms with Gasteiger partial charge in [0.25, 0.3) is 0 Å². The highest BCUT2D eigenvalue weighted by molar-refractivity contribution is 5.80. The molecule has 0 saturated carbocycles. The van der Waals surface area contributed by atoms with Crippen LogP contribution in [0, 0.1) is 0 Å². The highest BCUT2D eigenvalue weighted by Gasteiger charge is 2.34. The number of aliphatic hydroxyl groups is 2. The first-order valence-electron chi connectivity index (χ1n) is 20.3. The lowest BCUT2D eigenvalue weighted by molar-refractivity contribution is 0.0244. The van der Waals surface area contributed by atoms with Crippen molar-refractivity contribution < 1.29 is 10.2 Å². The second-order valence-electron chi connectivity index (χ2n) is 14.7. The van der Waals surface area contributed by atoms with Gasteiger partial charge in [-0.3, -0.25) is 4.98 Å². The van der Waals surface area contributed by atoms with Crippen molar-refractivity contribution in [3.8, 4) is 0 Å². The molecular formula is C44H64N4O2. The van der Waals surface area contributed by atoms with E-state index in [4.69, 9.17) is 9.97 Å². The standard InChI is InChI=1S/C44H64N4O2/c1-5-9-13-17-21-31-35-25-26-36(45-35)32(22-18-14-10-6-2)38-28-30-40(47-38)34(24-20-16-12-8-4)42-44(50)43(49)41(48-42)33(23-19-15-11-7-3)39-29-27-37(31)46-39/h25-30,43-46,49-50H,5-24H2,1-4H3/t43-,44+/m0/s1. The Morgan fingerprint density at radius 1 is 0.440 bits per heavy atom. The molecule has 0 radical (unpaired) electrons. The third kappa shape index (κ3) is 9.36. The van der Waals surface area contributed by atoms with Gasteiger partial charge in [-0.25, -0.2) is 4.98 Å². The van der Waals surface area contributed by atoms with Gasteiger partial charge in [-0.05, 0) is 98.9 Å². The largest absolute Gasteiger partial charge is 0.384 e. The lowest BCUT2D eigenvalue weighted by Crippen LogP contribution is -2.08. The third-order valence-corrected chi connectivity index (χ3v) is 10.8. The van der Waals surface area contributed by atoms with E-state index >= 15 is 0 Å². The van der Waals surface area contributed by atoms with E-state index in [-0.39, 0.29) is 0 Å². The highest BCUT2D eigenvalue weighted by Crippen LogP contribution is 2.39. The molecule has 6 heteroatoms. The van der Waals surface area contributed by atoms with Gasteiger partial charge >= 0.3 is 0 Å². The van der Waals surface area contributed by atoms with E-state index in [9.17, 15) is 10.2 Å². The van der Waals surface area contributed by atoms with E-state index in [0.717, 1.165) is 115 Å². The van der Waals surface area contributed by atoms with Crippen molar-refractivity contribution in [1.29, 1.82) is 0 Å². The van der Waals surface area contributed by atoms with Crippen LogP contribution < -0.4 is 0 Å². The molecule has 5 rings (SSSR count). The number of nitrogens with one attached hydrogen (secondary N) is 2. The Morgan fingerprint density at radius 3 is 1.28 bits per heavy atom. The summed E-state index contributed by atoms with van der Waals surface area (Å²) in [6.07, 6.45) is 24.2. The second kappa shape index (κ2) is 19.4. The summed E-state index contributed by atoms with van der Waals surface area (Å²) in [4.78, 5) is 18.2. The van der Waals surface area contributed by atoms with Gasteiger partial charge in [0.05, 0.1) is 22.8 Å². The van der Waals surface area contributed by atoms with Crippen molar-refractivity contribution in [2.24, 2.45) is 0 Å². The van der Waals surface area contributed by atoms with Gasteiger partial charge in [0.15, 0.2) is 0 Å². The first-order chi connectivity index (χ1) is 24.5. The molecule has 0 spiro atoms. The normalized spacial score (nSPS) is 15.7. The average molecular weight is 681 g/mol. The van der Waals surface area contributed by atoms with E-state index in [2.05, 4.69) is 74.1 Å². The lowest BCUT2D eigenvalue weighted by Gasteiger charge is -2.13. The fourth-order valence-corrected chi connectivity index (χ4v) is 7.76. The van der Waals surface area contributed by atoms with Crippen molar-refractivity contribution in [2.45, 2.75) is 168 Å². The van der Waals surface area contributed by atoms with Crippen molar-refractivity contribution in [1.82, 2.24) is 19.9 Å². The van der Waals surface area contributed by atoms with E-state index in [1.165, 1.54) is 68.9 Å². The number of fused-ring (bicyclic) bond motifs is 8. The number of hydrogen-bond donors (Lipinski definition) is 4. The van der Waals surface area contributed by atoms with Crippen LogP contribution in [-0.4, -0.2) is 30.1 Å². The van der Waals surface area contributed by atoms with Gasteiger partial charge in [-0.2, -0.15) is 0 Å². The molecular weight excluding hydrogens is 617 g/mol. The zero-order valence-corrected chi connectivity index (χ0v) is 31.5. The zero-order valence-electron chi connectivity index (χ0n) is 31.5. The smallest absolute Gasteiger partial charge is 0.128 e. The lowest BCUT2D eigenvalue weighted by atomic mass is 9.98. The SMILES string of the molecule is CCCCCCc1c2nc(c(CCCCCC)c3ccc([nH]3)c(CCCCCC)c3ccc([nH]3)c(CCCCCC)c3nc1[C@@H](O)[C@H]3O)C=C2. The van der Waals surface area contributed by atoms with Crippen LogP contribution in [0.5, 0.6) is 0 Å². The summed E-state index contributed by atoms with van der Waals surface area (Å²) in [5, 5.41) is 23.4. The summed E-state index contributed by atoms with van der Waals surface area (Å²) < 4.78 is 0. The maximum atomic E-state index is 11.7. The van der Waals surface area contributed by atoms with Crippen molar-refractivity contribution >= 4 is 34.2 Å². The van der Waals surface area contributed by atoms with Crippen molar-refractivity contribution in [3.63, 3.8) is 0 Å². The first-order valence-corrected chi connectivity index (χ1v) is 20.3. The van der Waals surface area contributed by atoms with Crippen LogP contribution in [-0.2, 0) is 25.7 Å². The topological polar surface area (TPSA) is 97.8 Å².